The molecule has 0 atom stereocenters. The Morgan fingerprint density at radius 1 is 0.842 bits per heavy atom. The zero-order chi connectivity index (χ0) is 12.8. The van der Waals surface area contributed by atoms with Crippen molar-refractivity contribution in [3.05, 3.63) is 65.2 Å². The summed E-state index contributed by atoms with van der Waals surface area (Å²) in [5.74, 6) is 0.0351. The van der Waals surface area contributed by atoms with Crippen molar-refractivity contribution in [2.75, 3.05) is 5.32 Å². The number of aryl methyl sites for hydroxylation is 1. The molecule has 0 aromatic heterocycles. The van der Waals surface area contributed by atoms with Gasteiger partial charge in [0.05, 0.1) is 5.57 Å². The zero-order valence-corrected chi connectivity index (χ0v) is 10.4. The number of para-hydroxylation sites is 1. The summed E-state index contributed by atoms with van der Waals surface area (Å²) < 4.78 is 0. The number of benzene rings is 2. The second-order valence-corrected chi connectivity index (χ2v) is 5.01. The minimum atomic E-state index is 0.0351. The molecule has 1 aliphatic heterocycles. The van der Waals surface area contributed by atoms with E-state index in [1.807, 2.05) is 30.3 Å². The van der Waals surface area contributed by atoms with E-state index in [1.54, 1.807) is 0 Å². The summed E-state index contributed by atoms with van der Waals surface area (Å²) in [5, 5.41) is 2.96. The van der Waals surface area contributed by atoms with E-state index in [0.29, 0.717) is 0 Å². The van der Waals surface area contributed by atoms with Crippen LogP contribution in [0.2, 0.25) is 0 Å². The number of rotatable bonds is 0. The number of hydrogen-bond donors (Lipinski definition) is 1. The standard InChI is InChI=1S/C17H13NO/c19-17-16(14-7-3-4-8-15(14)18-17)13-10-9-11-5-1-2-6-12(11)13/h1-8H,9-10H2,(H,18,19). The average Bonchev–Trinajstić information content (AvgIpc) is 2.98. The molecule has 4 rings (SSSR count). The number of fused-ring (bicyclic) bond motifs is 2. The van der Waals surface area contributed by atoms with E-state index in [0.717, 1.165) is 29.7 Å². The molecule has 92 valence electrons. The number of carbonyl (C=O) groups excluding carboxylic acids is 1. The number of amides is 1. The smallest absolute Gasteiger partial charge is 0.256 e. The van der Waals surface area contributed by atoms with Crippen molar-refractivity contribution in [2.45, 2.75) is 12.8 Å². The number of allylic oxidation sites excluding steroid dienone is 1. The summed E-state index contributed by atoms with van der Waals surface area (Å²) in [5.41, 5.74) is 6.61. The molecule has 1 heterocycles. The molecule has 1 aliphatic carbocycles. The Bertz CT molecular complexity index is 728. The van der Waals surface area contributed by atoms with Gasteiger partial charge in [0.15, 0.2) is 0 Å². The second kappa shape index (κ2) is 3.82. The minimum absolute atomic E-state index is 0.0351. The Morgan fingerprint density at radius 3 is 2.47 bits per heavy atom. The highest BCUT2D eigenvalue weighted by Gasteiger charge is 2.29. The van der Waals surface area contributed by atoms with Gasteiger partial charge in [-0.2, -0.15) is 0 Å². The lowest BCUT2D eigenvalue weighted by Gasteiger charge is -2.05. The summed E-state index contributed by atoms with van der Waals surface area (Å²) >= 11 is 0. The summed E-state index contributed by atoms with van der Waals surface area (Å²) in [6, 6.07) is 16.3. The van der Waals surface area contributed by atoms with Gasteiger partial charge in [0, 0.05) is 11.3 Å². The van der Waals surface area contributed by atoms with E-state index in [1.165, 1.54) is 16.7 Å². The quantitative estimate of drug-likeness (QED) is 0.709. The Labute approximate surface area is 111 Å². The van der Waals surface area contributed by atoms with Gasteiger partial charge in [-0.05, 0) is 35.6 Å². The lowest BCUT2D eigenvalue weighted by atomic mass is 9.97. The number of nitrogens with one attached hydrogen (secondary N) is 1. The van der Waals surface area contributed by atoms with E-state index in [2.05, 4.69) is 23.5 Å². The molecule has 0 saturated heterocycles. The van der Waals surface area contributed by atoms with Gasteiger partial charge >= 0.3 is 0 Å². The van der Waals surface area contributed by atoms with Crippen molar-refractivity contribution in [3.63, 3.8) is 0 Å². The van der Waals surface area contributed by atoms with Gasteiger partial charge in [0.25, 0.3) is 5.91 Å². The zero-order valence-electron chi connectivity index (χ0n) is 10.4. The first-order valence-electron chi connectivity index (χ1n) is 6.57. The highest BCUT2D eigenvalue weighted by Crippen LogP contribution is 2.42. The molecule has 0 spiro atoms. The lowest BCUT2D eigenvalue weighted by molar-refractivity contribution is -0.110. The number of anilines is 1. The van der Waals surface area contributed by atoms with Gasteiger partial charge in [-0.3, -0.25) is 4.79 Å². The van der Waals surface area contributed by atoms with Crippen LogP contribution in [-0.4, -0.2) is 5.91 Å². The molecule has 0 unspecified atom stereocenters. The molecule has 0 saturated carbocycles. The highest BCUT2D eigenvalue weighted by atomic mass is 16.2. The maximum atomic E-state index is 12.3. The third kappa shape index (κ3) is 1.46. The predicted molar refractivity (Wildman–Crippen MR) is 76.6 cm³/mol. The topological polar surface area (TPSA) is 29.1 Å². The Hall–Kier alpha value is -2.35. The first-order valence-corrected chi connectivity index (χ1v) is 6.57. The van der Waals surface area contributed by atoms with Gasteiger partial charge in [-0.15, -0.1) is 0 Å². The lowest BCUT2D eigenvalue weighted by Crippen LogP contribution is -2.05. The third-order valence-corrected chi connectivity index (χ3v) is 3.96. The number of hydrogen-bond acceptors (Lipinski definition) is 1. The first-order chi connectivity index (χ1) is 9.34. The molecule has 2 heteroatoms. The van der Waals surface area contributed by atoms with E-state index in [-0.39, 0.29) is 5.91 Å². The van der Waals surface area contributed by atoms with Gasteiger partial charge in [0.2, 0.25) is 0 Å². The van der Waals surface area contributed by atoms with E-state index in [9.17, 15) is 4.79 Å². The van der Waals surface area contributed by atoms with Gasteiger partial charge in [-0.1, -0.05) is 42.5 Å². The second-order valence-electron chi connectivity index (χ2n) is 5.01. The van der Waals surface area contributed by atoms with Crippen LogP contribution in [0, 0.1) is 0 Å². The molecule has 0 radical (unpaired) electrons. The molecule has 2 aliphatic rings. The van der Waals surface area contributed by atoms with Crippen molar-refractivity contribution < 1.29 is 4.79 Å². The normalized spacial score (nSPS) is 20.1. The maximum Gasteiger partial charge on any atom is 0.256 e. The van der Waals surface area contributed by atoms with Crippen LogP contribution < -0.4 is 5.32 Å². The van der Waals surface area contributed by atoms with Crippen molar-refractivity contribution in [1.82, 2.24) is 0 Å². The fraction of sp³-hybridized carbons (Fsp3) is 0.118. The molecular weight excluding hydrogens is 234 g/mol. The molecule has 19 heavy (non-hydrogen) atoms. The van der Waals surface area contributed by atoms with Crippen LogP contribution in [0.5, 0.6) is 0 Å². The van der Waals surface area contributed by atoms with Crippen LogP contribution in [0.25, 0.3) is 11.1 Å². The molecule has 2 nitrogen and oxygen atoms in total. The van der Waals surface area contributed by atoms with Crippen molar-refractivity contribution >= 4 is 22.7 Å². The molecule has 2 aromatic carbocycles. The Morgan fingerprint density at radius 2 is 1.58 bits per heavy atom. The largest absolute Gasteiger partial charge is 0.321 e. The van der Waals surface area contributed by atoms with Crippen LogP contribution in [-0.2, 0) is 11.2 Å². The highest BCUT2D eigenvalue weighted by molar-refractivity contribution is 6.37. The predicted octanol–water partition coefficient (Wildman–Crippen LogP) is 3.50. The summed E-state index contributed by atoms with van der Waals surface area (Å²) in [6.07, 6.45) is 1.99. The van der Waals surface area contributed by atoms with Crippen molar-refractivity contribution in [3.8, 4) is 0 Å². The molecule has 0 fully saturated rings. The molecule has 1 amide bonds. The SMILES string of the molecule is O=C1Nc2ccccc2C1=C1CCc2ccccc21. The minimum Gasteiger partial charge on any atom is -0.321 e. The van der Waals surface area contributed by atoms with Gasteiger partial charge in [-0.25, -0.2) is 0 Å². The maximum absolute atomic E-state index is 12.3. The number of carbonyl (C=O) groups is 1. The monoisotopic (exact) mass is 247 g/mol. The van der Waals surface area contributed by atoms with Gasteiger partial charge in [0.1, 0.15) is 0 Å². The van der Waals surface area contributed by atoms with Crippen LogP contribution >= 0.6 is 0 Å². The summed E-state index contributed by atoms with van der Waals surface area (Å²) in [6.45, 7) is 0. The summed E-state index contributed by atoms with van der Waals surface area (Å²) in [4.78, 5) is 12.3. The van der Waals surface area contributed by atoms with Crippen molar-refractivity contribution in [1.29, 1.82) is 0 Å². The third-order valence-electron chi connectivity index (χ3n) is 3.96. The Balaban J connectivity index is 1.99. The van der Waals surface area contributed by atoms with E-state index < -0.39 is 0 Å². The molecule has 0 bridgehead atoms. The Kier molecular flexibility index (Phi) is 2.12. The van der Waals surface area contributed by atoms with E-state index in [4.69, 9.17) is 0 Å². The van der Waals surface area contributed by atoms with Crippen molar-refractivity contribution in [2.24, 2.45) is 0 Å². The van der Waals surface area contributed by atoms with Crippen LogP contribution in [0.3, 0.4) is 0 Å². The average molecular weight is 247 g/mol. The molecular formula is C17H13NO. The van der Waals surface area contributed by atoms with Crippen LogP contribution in [0.4, 0.5) is 5.69 Å². The molecule has 1 N–H and O–H groups in total. The van der Waals surface area contributed by atoms with Gasteiger partial charge < -0.3 is 5.32 Å². The van der Waals surface area contributed by atoms with Crippen LogP contribution in [0.1, 0.15) is 23.1 Å². The molecule has 2 aromatic rings. The van der Waals surface area contributed by atoms with E-state index >= 15 is 0 Å². The fourth-order valence-corrected chi connectivity index (χ4v) is 3.10. The summed E-state index contributed by atoms with van der Waals surface area (Å²) in [7, 11) is 0. The fourth-order valence-electron chi connectivity index (χ4n) is 3.10. The first kappa shape index (κ1) is 10.6. The van der Waals surface area contributed by atoms with Crippen LogP contribution in [0.15, 0.2) is 48.5 Å².